The molecule has 2 aromatic carbocycles. The predicted molar refractivity (Wildman–Crippen MR) is 156 cm³/mol. The summed E-state index contributed by atoms with van der Waals surface area (Å²) in [6.45, 7) is 9.51. The van der Waals surface area contributed by atoms with Gasteiger partial charge in [0, 0.05) is 22.6 Å². The first-order valence-electron chi connectivity index (χ1n) is 12.9. The Morgan fingerprint density at radius 1 is 1.05 bits per heavy atom. The van der Waals surface area contributed by atoms with Crippen LogP contribution in [0.1, 0.15) is 65.5 Å². The van der Waals surface area contributed by atoms with Crippen molar-refractivity contribution in [2.45, 2.75) is 93.1 Å². The zero-order valence-corrected chi connectivity index (χ0v) is 27.1. The van der Waals surface area contributed by atoms with E-state index >= 15 is 0 Å². The molecule has 0 saturated heterocycles. The van der Waals surface area contributed by atoms with Gasteiger partial charge in [-0.3, -0.25) is 4.57 Å². The molecule has 0 radical (unpaired) electrons. The van der Waals surface area contributed by atoms with Crippen molar-refractivity contribution >= 4 is 37.1 Å². The summed E-state index contributed by atoms with van der Waals surface area (Å²) in [5.74, 6) is 0.215. The lowest BCUT2D eigenvalue weighted by Crippen LogP contribution is -2.51. The third-order valence-electron chi connectivity index (χ3n) is 6.22. The van der Waals surface area contributed by atoms with Gasteiger partial charge in [-0.15, -0.1) is 0 Å². The Labute approximate surface area is 253 Å². The summed E-state index contributed by atoms with van der Waals surface area (Å²) in [5, 5.41) is 1.67. The van der Waals surface area contributed by atoms with Crippen LogP contribution in [0.2, 0.25) is 5.02 Å². The van der Waals surface area contributed by atoms with Gasteiger partial charge in [-0.25, -0.2) is 4.79 Å². The molecule has 2 rings (SSSR count). The van der Waals surface area contributed by atoms with Gasteiger partial charge in [-0.2, -0.15) is 13.2 Å². The lowest BCUT2D eigenvalue weighted by atomic mass is 9.85. The van der Waals surface area contributed by atoms with Crippen LogP contribution in [-0.2, 0) is 26.6 Å². The Kier molecular flexibility index (Phi) is 11.9. The van der Waals surface area contributed by atoms with Crippen LogP contribution >= 0.6 is 31.0 Å². The Balaban J connectivity index is 2.31. The number of alkyl carbamates (subject to hydrolysis) is 1. The lowest BCUT2D eigenvalue weighted by molar-refractivity contribution is -0.137. The van der Waals surface area contributed by atoms with Crippen molar-refractivity contribution < 1.29 is 46.5 Å². The minimum Gasteiger partial charge on any atom is -0.466 e. The van der Waals surface area contributed by atoms with Crippen molar-refractivity contribution in [3.8, 4) is 5.75 Å². The van der Waals surface area contributed by atoms with E-state index in [0.29, 0.717) is 21.9 Å². The monoisotopic (exact) mass is 655 g/mol. The molecule has 8 nitrogen and oxygen atoms in total. The molecular formula is C28H38ClF3NO7PS. The van der Waals surface area contributed by atoms with Crippen molar-refractivity contribution in [3.05, 3.63) is 52.5 Å². The molecule has 1 amide bonds. The summed E-state index contributed by atoms with van der Waals surface area (Å²) in [6.07, 6.45) is -4.75. The van der Waals surface area contributed by atoms with Crippen LogP contribution < -0.4 is 10.1 Å². The molecule has 0 aliphatic heterocycles. The predicted octanol–water partition coefficient (Wildman–Crippen LogP) is 8.06. The minimum absolute atomic E-state index is 0.0606. The minimum atomic E-state index is -4.54. The summed E-state index contributed by atoms with van der Waals surface area (Å²) in [5.41, 5.74) is -2.02. The number of hydrogen-bond donors (Lipinski definition) is 3. The molecule has 2 aromatic rings. The zero-order valence-electron chi connectivity index (χ0n) is 24.6. The average Bonchev–Trinajstić information content (AvgIpc) is 2.79. The highest BCUT2D eigenvalue weighted by Crippen LogP contribution is 2.54. The first-order valence-corrected chi connectivity index (χ1v) is 15.7. The highest BCUT2D eigenvalue weighted by molar-refractivity contribution is 7.99. The highest BCUT2D eigenvalue weighted by atomic mass is 35.5. The number of aryl methyl sites for hydroxylation is 1. The normalized spacial score (nSPS) is 14.3. The molecular weight excluding hydrogens is 618 g/mol. The molecule has 0 aliphatic rings. The van der Waals surface area contributed by atoms with E-state index < -0.39 is 41.7 Å². The SMILES string of the molecule is COCOc1ccc(C(F)(F)F)cc1Sc1ccc(CC[C@@](C)(CC(C)(C)P(=O)(O)O)NC(=O)OC(C)(C)C)c(Cl)c1. The van der Waals surface area contributed by atoms with Gasteiger partial charge < -0.3 is 29.3 Å². The summed E-state index contributed by atoms with van der Waals surface area (Å²) in [6, 6.07) is 8.19. The number of amides is 1. The Hall–Kier alpha value is -1.95. The molecule has 0 saturated carbocycles. The second-order valence-electron chi connectivity index (χ2n) is 11.8. The molecule has 42 heavy (non-hydrogen) atoms. The fourth-order valence-electron chi connectivity index (χ4n) is 4.14. The number of benzene rings is 2. The quantitative estimate of drug-likeness (QED) is 0.155. The number of halogens is 4. The first-order chi connectivity index (χ1) is 19.1. The molecule has 0 heterocycles. The molecule has 0 unspecified atom stereocenters. The number of carbonyl (C=O) groups excluding carboxylic acids is 1. The average molecular weight is 656 g/mol. The molecule has 1 atom stereocenters. The number of nitrogens with one attached hydrogen (secondary N) is 1. The smallest absolute Gasteiger partial charge is 0.416 e. The second kappa shape index (κ2) is 13.8. The van der Waals surface area contributed by atoms with Crippen LogP contribution in [0, 0.1) is 0 Å². The number of methoxy groups -OCH3 is 1. The van der Waals surface area contributed by atoms with E-state index in [-0.39, 0.29) is 30.3 Å². The maximum Gasteiger partial charge on any atom is 0.416 e. The van der Waals surface area contributed by atoms with Crippen LogP contribution in [0.4, 0.5) is 18.0 Å². The van der Waals surface area contributed by atoms with E-state index in [9.17, 15) is 32.3 Å². The van der Waals surface area contributed by atoms with E-state index in [2.05, 4.69) is 5.32 Å². The van der Waals surface area contributed by atoms with E-state index in [0.717, 1.165) is 23.9 Å². The van der Waals surface area contributed by atoms with Gasteiger partial charge in [0.15, 0.2) is 6.79 Å². The molecule has 0 aliphatic carbocycles. The second-order valence-corrected chi connectivity index (χ2v) is 15.6. The Bertz CT molecular complexity index is 1300. The largest absolute Gasteiger partial charge is 0.466 e. The summed E-state index contributed by atoms with van der Waals surface area (Å²) < 4.78 is 67.9. The topological polar surface area (TPSA) is 114 Å². The van der Waals surface area contributed by atoms with Crippen LogP contribution in [-0.4, -0.2) is 46.1 Å². The molecule has 236 valence electrons. The van der Waals surface area contributed by atoms with Crippen molar-refractivity contribution in [2.75, 3.05) is 13.9 Å². The van der Waals surface area contributed by atoms with Crippen LogP contribution in [0.5, 0.6) is 5.75 Å². The summed E-state index contributed by atoms with van der Waals surface area (Å²) in [7, 11) is -3.13. The van der Waals surface area contributed by atoms with E-state index in [1.54, 1.807) is 45.9 Å². The van der Waals surface area contributed by atoms with Gasteiger partial charge in [0.1, 0.15) is 11.4 Å². The van der Waals surface area contributed by atoms with Gasteiger partial charge in [-0.05, 0) is 96.7 Å². The van der Waals surface area contributed by atoms with Gasteiger partial charge in [-0.1, -0.05) is 29.4 Å². The molecule has 0 aromatic heterocycles. The fourth-order valence-corrected chi connectivity index (χ4v) is 6.02. The van der Waals surface area contributed by atoms with Crippen molar-refractivity contribution in [1.82, 2.24) is 5.32 Å². The third kappa shape index (κ3) is 11.0. The third-order valence-corrected chi connectivity index (χ3v) is 9.33. The van der Waals surface area contributed by atoms with Crippen molar-refractivity contribution in [3.63, 3.8) is 0 Å². The summed E-state index contributed by atoms with van der Waals surface area (Å²) >= 11 is 7.61. The maximum atomic E-state index is 13.3. The number of rotatable bonds is 12. The lowest BCUT2D eigenvalue weighted by Gasteiger charge is -2.39. The fraction of sp³-hybridized carbons (Fsp3) is 0.536. The van der Waals surface area contributed by atoms with Crippen molar-refractivity contribution in [1.29, 1.82) is 0 Å². The van der Waals surface area contributed by atoms with E-state index in [1.165, 1.54) is 27.0 Å². The summed E-state index contributed by atoms with van der Waals surface area (Å²) in [4.78, 5) is 33.2. The number of ether oxygens (including phenoxy) is 3. The van der Waals surface area contributed by atoms with Crippen LogP contribution in [0.25, 0.3) is 0 Å². The Morgan fingerprint density at radius 2 is 1.69 bits per heavy atom. The van der Waals surface area contributed by atoms with E-state index in [1.807, 2.05) is 0 Å². The molecule has 0 bridgehead atoms. The first kappa shape index (κ1) is 36.2. The van der Waals surface area contributed by atoms with Gasteiger partial charge >= 0.3 is 19.9 Å². The van der Waals surface area contributed by atoms with Crippen molar-refractivity contribution in [2.24, 2.45) is 0 Å². The number of alkyl halides is 3. The molecule has 0 spiro atoms. The Morgan fingerprint density at radius 3 is 2.21 bits per heavy atom. The van der Waals surface area contributed by atoms with Gasteiger partial charge in [0.25, 0.3) is 0 Å². The maximum absolute atomic E-state index is 13.3. The number of hydrogen-bond acceptors (Lipinski definition) is 6. The molecule has 14 heteroatoms. The number of carbonyl (C=O) groups is 1. The molecule has 0 fully saturated rings. The van der Waals surface area contributed by atoms with E-state index in [4.69, 9.17) is 25.8 Å². The molecule has 3 N–H and O–H groups in total. The van der Waals surface area contributed by atoms with Gasteiger partial charge in [0.2, 0.25) is 0 Å². The van der Waals surface area contributed by atoms with Crippen LogP contribution in [0.15, 0.2) is 46.2 Å². The van der Waals surface area contributed by atoms with Gasteiger partial charge in [0.05, 0.1) is 15.6 Å². The standard InChI is InChI=1S/C28H38ClF3NO7PS/c1-25(2,3)40-24(34)33-27(6,16-26(4,5)41(35,36)37)13-12-18-8-10-20(15-21(18)29)42-23-14-19(28(30,31)32)9-11-22(23)39-17-38-7/h8-11,14-15H,12-13,16-17H2,1-7H3,(H,33,34)(H2,35,36,37)/t27-/m0/s1. The highest BCUT2D eigenvalue weighted by Gasteiger charge is 2.44. The zero-order chi connectivity index (χ0) is 32.1. The van der Waals surface area contributed by atoms with Crippen LogP contribution in [0.3, 0.4) is 0 Å².